The van der Waals surface area contributed by atoms with Gasteiger partial charge in [-0.25, -0.2) is 9.07 Å². The molecule has 3 aromatic carbocycles. The number of rotatable bonds is 7. The van der Waals surface area contributed by atoms with Crippen molar-refractivity contribution in [2.45, 2.75) is 19.5 Å². The van der Waals surface area contributed by atoms with Gasteiger partial charge in [0.15, 0.2) is 5.69 Å². The molecule has 1 aromatic heterocycles. The van der Waals surface area contributed by atoms with E-state index in [4.69, 9.17) is 16.7 Å². The van der Waals surface area contributed by atoms with Gasteiger partial charge in [0, 0.05) is 37.8 Å². The molecule has 1 amide bonds. The predicted octanol–water partition coefficient (Wildman–Crippen LogP) is 5.32. The van der Waals surface area contributed by atoms with Gasteiger partial charge in [0.05, 0.1) is 17.4 Å². The van der Waals surface area contributed by atoms with Crippen LogP contribution in [0.2, 0.25) is 5.02 Å². The summed E-state index contributed by atoms with van der Waals surface area (Å²) >= 11 is 6.15. The lowest BCUT2D eigenvalue weighted by Crippen LogP contribution is -2.43. The Balaban J connectivity index is 1.69. The van der Waals surface area contributed by atoms with Gasteiger partial charge in [-0.15, -0.1) is 0 Å². The number of carbonyl (C=O) groups excluding carboxylic acids is 1. The number of hydrogen-bond donors (Lipinski definition) is 1. The molecule has 41 heavy (non-hydrogen) atoms. The molecule has 2 heterocycles. The molecule has 1 N–H and O–H groups in total. The van der Waals surface area contributed by atoms with E-state index in [0.717, 1.165) is 9.87 Å². The van der Waals surface area contributed by atoms with Crippen LogP contribution in [0.5, 0.6) is 0 Å². The summed E-state index contributed by atoms with van der Waals surface area (Å²) in [6.07, 6.45) is 1.79. The Bertz CT molecular complexity index is 1700. The van der Waals surface area contributed by atoms with E-state index >= 15 is 0 Å². The van der Waals surface area contributed by atoms with Crippen molar-refractivity contribution in [2.75, 3.05) is 20.6 Å². The van der Waals surface area contributed by atoms with Crippen molar-refractivity contribution in [3.63, 3.8) is 0 Å². The van der Waals surface area contributed by atoms with Gasteiger partial charge in [0.2, 0.25) is 0 Å². The number of amides is 1. The molecule has 1 aliphatic rings. The van der Waals surface area contributed by atoms with Gasteiger partial charge in [-0.1, -0.05) is 54.1 Å². The fraction of sp³-hybridized carbons (Fsp3) is 0.200. The van der Waals surface area contributed by atoms with Crippen molar-refractivity contribution in [2.24, 2.45) is 0 Å². The van der Waals surface area contributed by atoms with Gasteiger partial charge in [-0.3, -0.25) is 4.79 Å². The van der Waals surface area contributed by atoms with Crippen LogP contribution in [0.3, 0.4) is 0 Å². The molecule has 0 fully saturated rings. The summed E-state index contributed by atoms with van der Waals surface area (Å²) in [5.41, 5.74) is 4.00. The van der Waals surface area contributed by atoms with Crippen LogP contribution in [-0.2, 0) is 16.8 Å². The van der Waals surface area contributed by atoms with Crippen LogP contribution in [0.15, 0.2) is 78.9 Å². The standard InChI is InChI=1S/C30H29ClFN5O3S/c1-20(22-7-5-4-6-8-22)33-30(38)28-27-19-36(41(39,40)35(2)3)18-23(17-21-9-13-25(32)14-10-21)29(27)37(34-28)26-15-11-24(31)12-16-26/h4-17,20H,18-19H2,1-3H3,(H,33,38)/t20-/m1/s1. The summed E-state index contributed by atoms with van der Waals surface area (Å²) in [6.45, 7) is 1.83. The highest BCUT2D eigenvalue weighted by atomic mass is 35.5. The number of benzene rings is 3. The number of halogens is 2. The summed E-state index contributed by atoms with van der Waals surface area (Å²) < 4.78 is 44.4. The van der Waals surface area contributed by atoms with Crippen LogP contribution < -0.4 is 5.32 Å². The molecular formula is C30H29ClFN5O3S. The lowest BCUT2D eigenvalue weighted by atomic mass is 9.98. The lowest BCUT2D eigenvalue weighted by molar-refractivity contribution is 0.0933. The third-order valence-corrected chi connectivity index (χ3v) is 8.99. The second kappa shape index (κ2) is 11.6. The zero-order valence-corrected chi connectivity index (χ0v) is 24.3. The quantitative estimate of drug-likeness (QED) is 0.314. The van der Waals surface area contributed by atoms with E-state index in [0.29, 0.717) is 33.1 Å². The normalized spacial score (nSPS) is 15.6. The summed E-state index contributed by atoms with van der Waals surface area (Å²) in [6, 6.07) is 22.1. The molecule has 11 heteroatoms. The van der Waals surface area contributed by atoms with Gasteiger partial charge in [-0.2, -0.15) is 22.1 Å². The number of hydrogen-bond acceptors (Lipinski definition) is 4. The molecule has 5 rings (SSSR count). The van der Waals surface area contributed by atoms with Crippen molar-refractivity contribution >= 4 is 39.4 Å². The smallest absolute Gasteiger partial charge is 0.282 e. The van der Waals surface area contributed by atoms with Crippen LogP contribution in [0.1, 0.15) is 45.8 Å². The van der Waals surface area contributed by atoms with Crippen LogP contribution in [-0.4, -0.2) is 53.4 Å². The Kier molecular flexibility index (Phi) is 8.10. The summed E-state index contributed by atoms with van der Waals surface area (Å²) in [7, 11) is -0.947. The topological polar surface area (TPSA) is 87.5 Å². The van der Waals surface area contributed by atoms with E-state index in [1.807, 2.05) is 37.3 Å². The fourth-order valence-corrected chi connectivity index (χ4v) is 5.92. The minimum Gasteiger partial charge on any atom is -0.344 e. The number of carbonyl (C=O) groups is 1. The van der Waals surface area contributed by atoms with Crippen molar-refractivity contribution < 1.29 is 17.6 Å². The highest BCUT2D eigenvalue weighted by Gasteiger charge is 2.37. The molecule has 0 saturated carbocycles. The average molecular weight is 594 g/mol. The molecule has 0 saturated heterocycles. The maximum Gasteiger partial charge on any atom is 0.282 e. The van der Waals surface area contributed by atoms with Gasteiger partial charge < -0.3 is 5.32 Å². The summed E-state index contributed by atoms with van der Waals surface area (Å²) in [5, 5.41) is 8.28. The first-order chi connectivity index (χ1) is 19.5. The first-order valence-electron chi connectivity index (χ1n) is 12.9. The number of nitrogens with zero attached hydrogens (tertiary/aromatic N) is 4. The largest absolute Gasteiger partial charge is 0.344 e. The Morgan fingerprint density at radius 3 is 2.32 bits per heavy atom. The zero-order valence-electron chi connectivity index (χ0n) is 22.8. The average Bonchev–Trinajstić information content (AvgIpc) is 3.35. The molecular weight excluding hydrogens is 565 g/mol. The molecule has 0 spiro atoms. The Morgan fingerprint density at radius 2 is 1.68 bits per heavy atom. The van der Waals surface area contributed by atoms with Crippen LogP contribution >= 0.6 is 11.6 Å². The molecule has 0 bridgehead atoms. The maximum absolute atomic E-state index is 13.7. The molecule has 0 radical (unpaired) electrons. The minimum absolute atomic E-state index is 0.0195. The predicted molar refractivity (Wildman–Crippen MR) is 158 cm³/mol. The molecule has 0 unspecified atom stereocenters. The Hall–Kier alpha value is -3.83. The van der Waals surface area contributed by atoms with Crippen LogP contribution in [0, 0.1) is 5.82 Å². The molecule has 0 aliphatic carbocycles. The minimum atomic E-state index is -3.86. The first-order valence-corrected chi connectivity index (χ1v) is 14.7. The van der Waals surface area contributed by atoms with E-state index < -0.39 is 16.1 Å². The second-order valence-electron chi connectivity index (χ2n) is 9.95. The van der Waals surface area contributed by atoms with Crippen molar-refractivity contribution in [3.05, 3.63) is 118 Å². The Morgan fingerprint density at radius 1 is 1.02 bits per heavy atom. The third-order valence-electron chi connectivity index (χ3n) is 6.90. The van der Waals surface area contributed by atoms with E-state index in [2.05, 4.69) is 5.32 Å². The Labute approximate surface area is 243 Å². The summed E-state index contributed by atoms with van der Waals surface area (Å²) in [5.74, 6) is -0.818. The molecule has 8 nitrogen and oxygen atoms in total. The molecule has 212 valence electrons. The van der Waals surface area contributed by atoms with E-state index in [1.165, 1.54) is 30.5 Å². The third kappa shape index (κ3) is 5.96. The van der Waals surface area contributed by atoms with Gasteiger partial charge in [0.25, 0.3) is 16.1 Å². The molecule has 1 atom stereocenters. The van der Waals surface area contributed by atoms with E-state index in [-0.39, 0.29) is 30.6 Å². The van der Waals surface area contributed by atoms with E-state index in [9.17, 15) is 17.6 Å². The SMILES string of the molecule is C[C@@H](NC(=O)c1nn(-c2ccc(Cl)cc2)c2c1CN(S(=O)(=O)N(C)C)CC2=Cc1ccc(F)cc1)c1ccccc1. The fourth-order valence-electron chi connectivity index (χ4n) is 4.74. The zero-order chi connectivity index (χ0) is 29.3. The maximum atomic E-state index is 13.7. The van der Waals surface area contributed by atoms with E-state index in [1.54, 1.807) is 47.2 Å². The number of aromatic nitrogens is 2. The monoisotopic (exact) mass is 593 g/mol. The first kappa shape index (κ1) is 28.7. The van der Waals surface area contributed by atoms with Crippen molar-refractivity contribution in [1.82, 2.24) is 23.7 Å². The highest BCUT2D eigenvalue weighted by Crippen LogP contribution is 2.35. The van der Waals surface area contributed by atoms with Crippen LogP contribution in [0.25, 0.3) is 17.3 Å². The number of fused-ring (bicyclic) bond motifs is 1. The van der Waals surface area contributed by atoms with Crippen molar-refractivity contribution in [3.8, 4) is 5.69 Å². The van der Waals surface area contributed by atoms with Gasteiger partial charge in [-0.05, 0) is 66.1 Å². The highest BCUT2D eigenvalue weighted by molar-refractivity contribution is 7.86. The van der Waals surface area contributed by atoms with Crippen LogP contribution in [0.4, 0.5) is 4.39 Å². The molecule has 4 aromatic rings. The van der Waals surface area contributed by atoms with Gasteiger partial charge >= 0.3 is 0 Å². The lowest BCUT2D eigenvalue weighted by Gasteiger charge is -2.31. The van der Waals surface area contributed by atoms with Gasteiger partial charge in [0.1, 0.15) is 5.82 Å². The number of nitrogens with one attached hydrogen (secondary N) is 1. The second-order valence-corrected chi connectivity index (χ2v) is 12.5. The van der Waals surface area contributed by atoms with Crippen molar-refractivity contribution in [1.29, 1.82) is 0 Å². The summed E-state index contributed by atoms with van der Waals surface area (Å²) in [4.78, 5) is 13.7. The molecule has 1 aliphatic heterocycles.